The molecule has 0 saturated heterocycles. The van der Waals surface area contributed by atoms with Crippen LogP contribution in [0.4, 0.5) is 8.78 Å². The summed E-state index contributed by atoms with van der Waals surface area (Å²) in [6.45, 7) is 1.96. The number of rotatable bonds is 4. The first kappa shape index (κ1) is 10.2. The predicted molar refractivity (Wildman–Crippen MR) is 49.9 cm³/mol. The highest BCUT2D eigenvalue weighted by molar-refractivity contribution is 5.16. The van der Waals surface area contributed by atoms with Crippen LogP contribution in [0, 0.1) is 5.82 Å². The molecule has 0 fully saturated rings. The topological polar surface area (TPSA) is 0 Å². The summed E-state index contributed by atoms with van der Waals surface area (Å²) in [5, 5.41) is 0. The van der Waals surface area contributed by atoms with Crippen molar-refractivity contribution in [3.63, 3.8) is 0 Å². The lowest BCUT2D eigenvalue weighted by Gasteiger charge is -2.05. The second-order valence-corrected chi connectivity index (χ2v) is 3.22. The number of alkyl halides is 1. The van der Waals surface area contributed by atoms with E-state index in [1.807, 2.05) is 6.92 Å². The zero-order chi connectivity index (χ0) is 9.68. The lowest BCUT2D eigenvalue weighted by Crippen LogP contribution is -2.03. The lowest BCUT2D eigenvalue weighted by atomic mass is 10.1. The van der Waals surface area contributed by atoms with E-state index in [4.69, 9.17) is 0 Å². The zero-order valence-electron chi connectivity index (χ0n) is 7.76. The van der Waals surface area contributed by atoms with Crippen molar-refractivity contribution in [1.29, 1.82) is 0 Å². The van der Waals surface area contributed by atoms with Crippen LogP contribution < -0.4 is 0 Å². The maximum absolute atomic E-state index is 13.1. The summed E-state index contributed by atoms with van der Waals surface area (Å²) in [5.41, 5.74) is 0.863. The van der Waals surface area contributed by atoms with Gasteiger partial charge in [0, 0.05) is 6.42 Å². The van der Waals surface area contributed by atoms with E-state index in [9.17, 15) is 8.78 Å². The SMILES string of the molecule is CCCC(F)Cc1ccc(F)cc1. The zero-order valence-corrected chi connectivity index (χ0v) is 7.76. The molecule has 0 amide bonds. The van der Waals surface area contributed by atoms with Crippen LogP contribution in [-0.4, -0.2) is 6.17 Å². The molecule has 0 radical (unpaired) electrons. The van der Waals surface area contributed by atoms with E-state index in [-0.39, 0.29) is 5.82 Å². The van der Waals surface area contributed by atoms with E-state index in [0.717, 1.165) is 12.0 Å². The van der Waals surface area contributed by atoms with Gasteiger partial charge in [-0.25, -0.2) is 8.78 Å². The van der Waals surface area contributed by atoms with Gasteiger partial charge in [-0.1, -0.05) is 25.5 Å². The van der Waals surface area contributed by atoms with Crippen LogP contribution >= 0.6 is 0 Å². The molecule has 0 aliphatic heterocycles. The molecule has 72 valence electrons. The fourth-order valence-corrected chi connectivity index (χ4v) is 1.29. The van der Waals surface area contributed by atoms with Gasteiger partial charge in [-0.2, -0.15) is 0 Å². The van der Waals surface area contributed by atoms with Crippen LogP contribution in [0.3, 0.4) is 0 Å². The molecule has 1 aromatic carbocycles. The van der Waals surface area contributed by atoms with Crippen molar-refractivity contribution >= 4 is 0 Å². The van der Waals surface area contributed by atoms with Crippen molar-refractivity contribution < 1.29 is 8.78 Å². The number of hydrogen-bond acceptors (Lipinski definition) is 0. The van der Waals surface area contributed by atoms with Crippen molar-refractivity contribution in [2.75, 3.05) is 0 Å². The summed E-state index contributed by atoms with van der Waals surface area (Å²) in [5.74, 6) is -0.269. The van der Waals surface area contributed by atoms with Crippen LogP contribution in [0.25, 0.3) is 0 Å². The number of halogens is 2. The second kappa shape index (κ2) is 4.95. The van der Waals surface area contributed by atoms with E-state index in [1.54, 1.807) is 12.1 Å². The van der Waals surface area contributed by atoms with Gasteiger partial charge in [-0.3, -0.25) is 0 Å². The molecular formula is C11H14F2. The third-order valence-corrected chi connectivity index (χ3v) is 1.97. The molecule has 0 saturated carbocycles. The monoisotopic (exact) mass is 184 g/mol. The van der Waals surface area contributed by atoms with Crippen molar-refractivity contribution in [2.45, 2.75) is 32.4 Å². The first-order valence-electron chi connectivity index (χ1n) is 4.61. The van der Waals surface area contributed by atoms with Gasteiger partial charge < -0.3 is 0 Å². The van der Waals surface area contributed by atoms with Gasteiger partial charge in [-0.15, -0.1) is 0 Å². The largest absolute Gasteiger partial charge is 0.247 e. The molecule has 0 heterocycles. The van der Waals surface area contributed by atoms with Gasteiger partial charge in [0.15, 0.2) is 0 Å². The molecule has 1 atom stereocenters. The van der Waals surface area contributed by atoms with Crippen molar-refractivity contribution in [2.24, 2.45) is 0 Å². The van der Waals surface area contributed by atoms with Gasteiger partial charge in [0.2, 0.25) is 0 Å². The Labute approximate surface area is 77.6 Å². The van der Waals surface area contributed by atoms with Crippen LogP contribution in [0.1, 0.15) is 25.3 Å². The third-order valence-electron chi connectivity index (χ3n) is 1.97. The van der Waals surface area contributed by atoms with E-state index >= 15 is 0 Å². The summed E-state index contributed by atoms with van der Waals surface area (Å²) in [7, 11) is 0. The Bertz CT molecular complexity index is 241. The van der Waals surface area contributed by atoms with Crippen LogP contribution in [-0.2, 0) is 6.42 Å². The molecule has 2 heteroatoms. The summed E-state index contributed by atoms with van der Waals surface area (Å²) < 4.78 is 25.6. The van der Waals surface area contributed by atoms with E-state index in [1.165, 1.54) is 12.1 Å². The molecule has 0 bridgehead atoms. The highest BCUT2D eigenvalue weighted by Crippen LogP contribution is 2.11. The van der Waals surface area contributed by atoms with Gasteiger partial charge in [0.25, 0.3) is 0 Å². The van der Waals surface area contributed by atoms with Crippen molar-refractivity contribution in [3.8, 4) is 0 Å². The Morgan fingerprint density at radius 2 is 1.85 bits per heavy atom. The average Bonchev–Trinajstić information content (AvgIpc) is 2.09. The molecule has 0 aliphatic rings. The predicted octanol–water partition coefficient (Wildman–Crippen LogP) is 3.51. The van der Waals surface area contributed by atoms with E-state index in [0.29, 0.717) is 12.8 Å². The standard InChI is InChI=1S/C11H14F2/c1-2-3-11(13)8-9-4-6-10(12)7-5-9/h4-7,11H,2-3,8H2,1H3. The molecule has 0 aliphatic carbocycles. The molecule has 1 aromatic rings. The average molecular weight is 184 g/mol. The lowest BCUT2D eigenvalue weighted by molar-refractivity contribution is 0.310. The van der Waals surface area contributed by atoms with Gasteiger partial charge in [0.05, 0.1) is 0 Å². The van der Waals surface area contributed by atoms with Crippen LogP contribution in [0.5, 0.6) is 0 Å². The number of hydrogen-bond donors (Lipinski definition) is 0. The first-order chi connectivity index (χ1) is 6.22. The normalized spacial score (nSPS) is 12.8. The maximum atomic E-state index is 13.1. The summed E-state index contributed by atoms with van der Waals surface area (Å²) in [6.07, 6.45) is 1.03. The Morgan fingerprint density at radius 1 is 1.23 bits per heavy atom. The minimum atomic E-state index is -0.796. The summed E-state index contributed by atoms with van der Waals surface area (Å²) in [6, 6.07) is 6.01. The fourth-order valence-electron chi connectivity index (χ4n) is 1.29. The molecule has 13 heavy (non-hydrogen) atoms. The summed E-state index contributed by atoms with van der Waals surface area (Å²) >= 11 is 0. The van der Waals surface area contributed by atoms with Crippen LogP contribution in [0.15, 0.2) is 24.3 Å². The third kappa shape index (κ3) is 3.53. The molecule has 0 spiro atoms. The maximum Gasteiger partial charge on any atom is 0.123 e. The molecule has 1 unspecified atom stereocenters. The Morgan fingerprint density at radius 3 is 2.38 bits per heavy atom. The van der Waals surface area contributed by atoms with Gasteiger partial charge >= 0.3 is 0 Å². The Hall–Kier alpha value is -0.920. The van der Waals surface area contributed by atoms with Gasteiger partial charge in [0.1, 0.15) is 12.0 Å². The molecule has 0 N–H and O–H groups in total. The Balaban J connectivity index is 2.49. The Kier molecular flexibility index (Phi) is 3.87. The fraction of sp³-hybridized carbons (Fsp3) is 0.455. The molecule has 0 aromatic heterocycles. The molecule has 0 nitrogen and oxygen atoms in total. The summed E-state index contributed by atoms with van der Waals surface area (Å²) in [4.78, 5) is 0. The molecule has 1 rings (SSSR count). The highest BCUT2D eigenvalue weighted by atomic mass is 19.1. The quantitative estimate of drug-likeness (QED) is 0.671. The van der Waals surface area contributed by atoms with E-state index in [2.05, 4.69) is 0 Å². The van der Waals surface area contributed by atoms with Gasteiger partial charge in [-0.05, 0) is 24.1 Å². The molecular weight excluding hydrogens is 170 g/mol. The van der Waals surface area contributed by atoms with Crippen molar-refractivity contribution in [1.82, 2.24) is 0 Å². The second-order valence-electron chi connectivity index (χ2n) is 3.22. The van der Waals surface area contributed by atoms with Crippen molar-refractivity contribution in [3.05, 3.63) is 35.6 Å². The minimum Gasteiger partial charge on any atom is -0.247 e. The smallest absolute Gasteiger partial charge is 0.123 e. The van der Waals surface area contributed by atoms with E-state index < -0.39 is 6.17 Å². The minimum absolute atomic E-state index is 0.269. The van der Waals surface area contributed by atoms with Crippen LogP contribution in [0.2, 0.25) is 0 Å². The first-order valence-corrected chi connectivity index (χ1v) is 4.61. The highest BCUT2D eigenvalue weighted by Gasteiger charge is 2.05. The number of benzene rings is 1.